The molecule has 0 spiro atoms. The van der Waals surface area contributed by atoms with Crippen LogP contribution < -0.4 is 5.73 Å². The van der Waals surface area contributed by atoms with Crippen molar-refractivity contribution >= 4 is 22.8 Å². The van der Waals surface area contributed by atoms with E-state index in [1.54, 1.807) is 30.7 Å². The number of carboxylic acids is 1. The molecule has 0 atom stereocenters. The molecule has 0 fully saturated rings. The van der Waals surface area contributed by atoms with E-state index in [1.807, 2.05) is 18.2 Å². The molecule has 0 bridgehead atoms. The maximum atomic E-state index is 11.4. The van der Waals surface area contributed by atoms with Gasteiger partial charge >= 0.3 is 5.97 Å². The Morgan fingerprint density at radius 2 is 1.95 bits per heavy atom. The number of carbonyl (C=O) groups excluding carboxylic acids is 1. The molecule has 0 aliphatic carbocycles. The maximum Gasteiger partial charge on any atom is 0.310 e. The van der Waals surface area contributed by atoms with Gasteiger partial charge < -0.3 is 15.4 Å². The summed E-state index contributed by atoms with van der Waals surface area (Å²) < 4.78 is 1.77. The number of hydrogen-bond donors (Lipinski definition) is 2. The smallest absolute Gasteiger partial charge is 0.310 e. The Balaban J connectivity index is 2.56. The molecule has 0 aliphatic heterocycles. The first-order chi connectivity index (χ1) is 8.83. The van der Waals surface area contributed by atoms with Gasteiger partial charge in [0.1, 0.15) is 0 Å². The van der Waals surface area contributed by atoms with Gasteiger partial charge in [0, 0.05) is 23.6 Å². The quantitative estimate of drug-likeness (QED) is 0.879. The fourth-order valence-corrected chi connectivity index (χ4v) is 2.07. The normalized spacial score (nSPS) is 11.7. The van der Waals surface area contributed by atoms with Crippen LogP contribution in [-0.2, 0) is 11.3 Å². The number of carbonyl (C=O) groups is 2. The van der Waals surface area contributed by atoms with E-state index < -0.39 is 17.3 Å². The van der Waals surface area contributed by atoms with Gasteiger partial charge in [0.05, 0.1) is 11.0 Å². The Morgan fingerprint density at radius 3 is 2.53 bits per heavy atom. The van der Waals surface area contributed by atoms with Crippen LogP contribution in [0.1, 0.15) is 24.2 Å². The van der Waals surface area contributed by atoms with Gasteiger partial charge in [0.25, 0.3) is 5.91 Å². The SMILES string of the molecule is CC(C)(Cn1cc(C(N)=O)c2ccccc21)C(=O)O. The topological polar surface area (TPSA) is 85.3 Å². The lowest BCUT2D eigenvalue weighted by molar-refractivity contribution is -0.147. The lowest BCUT2D eigenvalue weighted by Gasteiger charge is -2.20. The second-order valence-electron chi connectivity index (χ2n) is 5.24. The molecule has 1 amide bonds. The molecule has 2 aromatic rings. The Labute approximate surface area is 110 Å². The minimum absolute atomic E-state index is 0.274. The monoisotopic (exact) mass is 260 g/mol. The maximum absolute atomic E-state index is 11.4. The number of nitrogens with two attached hydrogens (primary N) is 1. The molecule has 5 heteroatoms. The standard InChI is InChI=1S/C14H16N2O3/c1-14(2,13(18)19)8-16-7-10(12(15)17)9-5-3-4-6-11(9)16/h3-7H,8H2,1-2H3,(H2,15,17)(H,18,19). The second-order valence-corrected chi connectivity index (χ2v) is 5.24. The first-order valence-corrected chi connectivity index (χ1v) is 5.94. The highest BCUT2D eigenvalue weighted by atomic mass is 16.4. The molecule has 3 N–H and O–H groups in total. The van der Waals surface area contributed by atoms with E-state index in [2.05, 4.69) is 0 Å². The number of amides is 1. The van der Waals surface area contributed by atoms with Crippen molar-refractivity contribution in [3.8, 4) is 0 Å². The fraction of sp³-hybridized carbons (Fsp3) is 0.286. The summed E-state index contributed by atoms with van der Waals surface area (Å²) in [5.74, 6) is -1.39. The van der Waals surface area contributed by atoms with Gasteiger partial charge in [-0.2, -0.15) is 0 Å². The largest absolute Gasteiger partial charge is 0.481 e. The van der Waals surface area contributed by atoms with Crippen molar-refractivity contribution in [3.05, 3.63) is 36.0 Å². The highest BCUT2D eigenvalue weighted by Crippen LogP contribution is 2.26. The van der Waals surface area contributed by atoms with Crippen LogP contribution in [0, 0.1) is 5.41 Å². The van der Waals surface area contributed by atoms with Crippen molar-refractivity contribution in [2.75, 3.05) is 0 Å². The molecule has 0 aliphatic rings. The summed E-state index contributed by atoms with van der Waals surface area (Å²) in [5.41, 5.74) is 5.65. The predicted molar refractivity (Wildman–Crippen MR) is 71.9 cm³/mol. The van der Waals surface area contributed by atoms with Crippen LogP contribution in [0.2, 0.25) is 0 Å². The minimum atomic E-state index is -0.920. The predicted octanol–water partition coefficient (Wildman–Crippen LogP) is 1.85. The lowest BCUT2D eigenvalue weighted by Crippen LogP contribution is -2.28. The molecule has 0 saturated carbocycles. The first kappa shape index (κ1) is 13.1. The number of carboxylic acid groups (broad SMARTS) is 1. The van der Waals surface area contributed by atoms with Crippen LogP contribution >= 0.6 is 0 Å². The van der Waals surface area contributed by atoms with Crippen LogP contribution in [0.3, 0.4) is 0 Å². The molecule has 0 radical (unpaired) electrons. The third-order valence-electron chi connectivity index (χ3n) is 3.20. The molecule has 19 heavy (non-hydrogen) atoms. The van der Waals surface area contributed by atoms with Crippen molar-refractivity contribution in [2.45, 2.75) is 20.4 Å². The molecule has 1 heterocycles. The summed E-state index contributed by atoms with van der Waals surface area (Å²) in [5, 5.41) is 9.93. The number of nitrogens with zero attached hydrogens (tertiary/aromatic N) is 1. The van der Waals surface area contributed by atoms with Crippen LogP contribution in [0.4, 0.5) is 0 Å². The third-order valence-corrected chi connectivity index (χ3v) is 3.20. The molecule has 0 saturated heterocycles. The summed E-state index contributed by atoms with van der Waals surface area (Å²) >= 11 is 0. The van der Waals surface area contributed by atoms with Crippen molar-refractivity contribution in [1.29, 1.82) is 0 Å². The number of aliphatic carboxylic acids is 1. The molecule has 2 rings (SSSR count). The zero-order chi connectivity index (χ0) is 14.2. The summed E-state index contributed by atoms with van der Waals surface area (Å²) in [6.07, 6.45) is 1.62. The van der Waals surface area contributed by atoms with E-state index in [0.717, 1.165) is 10.9 Å². The molecular weight excluding hydrogens is 244 g/mol. The van der Waals surface area contributed by atoms with Crippen molar-refractivity contribution in [2.24, 2.45) is 11.1 Å². The van der Waals surface area contributed by atoms with Gasteiger partial charge in [-0.3, -0.25) is 9.59 Å². The Morgan fingerprint density at radius 1 is 1.32 bits per heavy atom. The Kier molecular flexibility index (Phi) is 3.06. The van der Waals surface area contributed by atoms with Crippen LogP contribution in [-0.4, -0.2) is 21.6 Å². The van der Waals surface area contributed by atoms with Gasteiger partial charge in [-0.25, -0.2) is 0 Å². The summed E-state index contributed by atoms with van der Waals surface area (Å²) in [6, 6.07) is 7.32. The number of primary amides is 1. The summed E-state index contributed by atoms with van der Waals surface area (Å²) in [4.78, 5) is 22.6. The van der Waals surface area contributed by atoms with Gasteiger partial charge in [-0.05, 0) is 19.9 Å². The van der Waals surface area contributed by atoms with Crippen LogP contribution in [0.5, 0.6) is 0 Å². The molecule has 100 valence electrons. The second kappa shape index (κ2) is 4.42. The van der Waals surface area contributed by atoms with E-state index in [9.17, 15) is 14.7 Å². The number of hydrogen-bond acceptors (Lipinski definition) is 2. The van der Waals surface area contributed by atoms with Crippen molar-refractivity contribution in [1.82, 2.24) is 4.57 Å². The molecule has 0 unspecified atom stereocenters. The zero-order valence-corrected chi connectivity index (χ0v) is 10.9. The highest BCUT2D eigenvalue weighted by Gasteiger charge is 2.28. The van der Waals surface area contributed by atoms with Crippen molar-refractivity contribution < 1.29 is 14.7 Å². The van der Waals surface area contributed by atoms with E-state index in [0.29, 0.717) is 5.56 Å². The number of para-hydroxylation sites is 1. The van der Waals surface area contributed by atoms with Gasteiger partial charge in [-0.15, -0.1) is 0 Å². The number of fused-ring (bicyclic) bond motifs is 1. The Bertz CT molecular complexity index is 656. The van der Waals surface area contributed by atoms with E-state index in [4.69, 9.17) is 5.73 Å². The van der Waals surface area contributed by atoms with Crippen LogP contribution in [0.25, 0.3) is 10.9 Å². The third kappa shape index (κ3) is 2.31. The van der Waals surface area contributed by atoms with Crippen molar-refractivity contribution in [3.63, 3.8) is 0 Å². The molecular formula is C14H16N2O3. The summed E-state index contributed by atoms with van der Waals surface area (Å²) in [7, 11) is 0. The first-order valence-electron chi connectivity index (χ1n) is 5.94. The number of benzene rings is 1. The highest BCUT2D eigenvalue weighted by molar-refractivity contribution is 6.06. The van der Waals surface area contributed by atoms with E-state index in [1.165, 1.54) is 0 Å². The summed E-state index contributed by atoms with van der Waals surface area (Å²) in [6.45, 7) is 3.57. The average molecular weight is 260 g/mol. The molecule has 1 aromatic heterocycles. The van der Waals surface area contributed by atoms with Gasteiger partial charge in [0.15, 0.2) is 0 Å². The fourth-order valence-electron chi connectivity index (χ4n) is 2.07. The number of rotatable bonds is 4. The molecule has 1 aromatic carbocycles. The average Bonchev–Trinajstić information content (AvgIpc) is 2.68. The minimum Gasteiger partial charge on any atom is -0.481 e. The van der Waals surface area contributed by atoms with E-state index in [-0.39, 0.29) is 6.54 Å². The van der Waals surface area contributed by atoms with Gasteiger partial charge in [-0.1, -0.05) is 18.2 Å². The van der Waals surface area contributed by atoms with E-state index >= 15 is 0 Å². The zero-order valence-electron chi connectivity index (χ0n) is 10.9. The van der Waals surface area contributed by atoms with Crippen LogP contribution in [0.15, 0.2) is 30.5 Å². The number of aromatic nitrogens is 1. The molecule has 5 nitrogen and oxygen atoms in total. The van der Waals surface area contributed by atoms with Gasteiger partial charge in [0.2, 0.25) is 0 Å². The Hall–Kier alpha value is -2.30. The lowest BCUT2D eigenvalue weighted by atomic mass is 9.94.